The molecule has 0 saturated carbocycles. The molecule has 5 rings (SSSR count). The SMILES string of the molecule is CCC(=O)N1CCCC(C2NC(c3ccc(O)cc3)=C3C(N)=NC=C(Cl)N32)C1.Cc1cccc(C(C)(F)F)c1. The van der Waals surface area contributed by atoms with Gasteiger partial charge in [-0.15, -0.1) is 0 Å². The number of likely N-dealkylation sites (tertiary alicyclic amines) is 1. The lowest BCUT2D eigenvalue weighted by atomic mass is 9.94. The Labute approximate surface area is 232 Å². The number of nitrogens with one attached hydrogen (secondary N) is 1. The van der Waals surface area contributed by atoms with Crippen LogP contribution >= 0.6 is 11.6 Å². The molecule has 10 heteroatoms. The minimum absolute atomic E-state index is 0.0810. The van der Waals surface area contributed by atoms with Gasteiger partial charge in [0.1, 0.15) is 28.6 Å². The molecule has 7 nitrogen and oxygen atoms in total. The highest BCUT2D eigenvalue weighted by Crippen LogP contribution is 2.39. The quantitative estimate of drug-likeness (QED) is 0.434. The first-order valence-corrected chi connectivity index (χ1v) is 13.4. The molecule has 4 N–H and O–H groups in total. The predicted molar refractivity (Wildman–Crippen MR) is 150 cm³/mol. The fourth-order valence-electron chi connectivity index (χ4n) is 5.09. The molecule has 3 aliphatic rings. The Kier molecular flexibility index (Phi) is 8.49. The predicted octanol–water partition coefficient (Wildman–Crippen LogP) is 5.46. The molecule has 0 radical (unpaired) electrons. The van der Waals surface area contributed by atoms with Gasteiger partial charge in [-0.05, 0) is 44.0 Å². The maximum Gasteiger partial charge on any atom is 0.270 e. The van der Waals surface area contributed by atoms with Gasteiger partial charge in [-0.1, -0.05) is 48.4 Å². The molecule has 0 aromatic heterocycles. The fraction of sp³-hybridized carbons (Fsp3) is 0.379. The summed E-state index contributed by atoms with van der Waals surface area (Å²) in [6.07, 6.45) is 3.89. The molecular weight excluding hydrogens is 524 g/mol. The Morgan fingerprint density at radius 3 is 2.59 bits per heavy atom. The summed E-state index contributed by atoms with van der Waals surface area (Å²) in [6, 6.07) is 13.3. The summed E-state index contributed by atoms with van der Waals surface area (Å²) in [4.78, 5) is 20.4. The van der Waals surface area contributed by atoms with Crippen LogP contribution in [0.15, 0.2) is 70.6 Å². The first-order valence-electron chi connectivity index (χ1n) is 13.0. The number of rotatable bonds is 4. The van der Waals surface area contributed by atoms with Gasteiger partial charge in [0.25, 0.3) is 5.92 Å². The van der Waals surface area contributed by atoms with Crippen molar-refractivity contribution in [2.24, 2.45) is 16.6 Å². The fourth-order valence-corrected chi connectivity index (χ4v) is 5.33. The first kappa shape index (κ1) is 28.4. The molecule has 2 unspecified atom stereocenters. The minimum Gasteiger partial charge on any atom is -0.508 e. The van der Waals surface area contributed by atoms with Gasteiger partial charge in [0.2, 0.25) is 5.91 Å². The van der Waals surface area contributed by atoms with E-state index in [0.29, 0.717) is 24.0 Å². The number of fused-ring (bicyclic) bond motifs is 1. The number of benzene rings is 2. The van der Waals surface area contributed by atoms with Gasteiger partial charge >= 0.3 is 0 Å². The lowest BCUT2D eigenvalue weighted by molar-refractivity contribution is -0.133. The lowest BCUT2D eigenvalue weighted by Gasteiger charge is -2.40. The number of alkyl halides is 2. The van der Waals surface area contributed by atoms with Gasteiger partial charge in [-0.3, -0.25) is 4.79 Å². The highest BCUT2D eigenvalue weighted by atomic mass is 35.5. The standard InChI is InChI=1S/C20H24ClN5O2.C9H10F2/c1-2-16(28)25-9-3-4-13(11-25)20-24-17(12-5-7-14(27)8-6-12)18-19(22)23-10-15(21)26(18)20;1-7-4-3-5-8(6-7)9(2,10)11/h5-8,10,13,20,24,27H,2-4,9,11H2,1H3,(H2,22,23);3-6H,1-2H3. The molecule has 3 heterocycles. The number of aryl methyl sites for hydroxylation is 1. The smallest absolute Gasteiger partial charge is 0.270 e. The van der Waals surface area contributed by atoms with Gasteiger partial charge in [0.15, 0.2) is 0 Å². The number of halogens is 3. The number of piperidine rings is 1. The Bertz CT molecular complexity index is 1300. The van der Waals surface area contributed by atoms with Crippen molar-refractivity contribution >= 4 is 29.0 Å². The Balaban J connectivity index is 0.000000270. The number of aliphatic imine (C=N–C) groups is 1. The number of carbonyl (C=O) groups is 1. The number of aromatic hydroxyl groups is 1. The number of phenols is 1. The second kappa shape index (κ2) is 11.7. The van der Waals surface area contributed by atoms with E-state index in [2.05, 4.69) is 10.3 Å². The summed E-state index contributed by atoms with van der Waals surface area (Å²) in [5.41, 5.74) is 9.63. The first-order chi connectivity index (χ1) is 18.5. The van der Waals surface area contributed by atoms with Crippen molar-refractivity contribution in [2.75, 3.05) is 13.1 Å². The summed E-state index contributed by atoms with van der Waals surface area (Å²) < 4.78 is 25.3. The molecule has 208 valence electrons. The van der Waals surface area contributed by atoms with Crippen molar-refractivity contribution < 1.29 is 18.7 Å². The monoisotopic (exact) mass is 557 g/mol. The van der Waals surface area contributed by atoms with Crippen LogP contribution in [0.5, 0.6) is 5.75 Å². The summed E-state index contributed by atoms with van der Waals surface area (Å²) in [7, 11) is 0. The van der Waals surface area contributed by atoms with E-state index in [4.69, 9.17) is 17.3 Å². The Morgan fingerprint density at radius 1 is 1.26 bits per heavy atom. The van der Waals surface area contributed by atoms with E-state index in [1.54, 1.807) is 37.4 Å². The average molecular weight is 558 g/mol. The van der Waals surface area contributed by atoms with Crippen LogP contribution in [-0.4, -0.2) is 45.9 Å². The highest BCUT2D eigenvalue weighted by Gasteiger charge is 2.42. The van der Waals surface area contributed by atoms with Gasteiger partial charge < -0.3 is 26.0 Å². The summed E-state index contributed by atoms with van der Waals surface area (Å²) in [6.45, 7) is 6.08. The van der Waals surface area contributed by atoms with Crippen LogP contribution in [0.4, 0.5) is 8.78 Å². The van der Waals surface area contributed by atoms with Gasteiger partial charge in [-0.2, -0.15) is 0 Å². The maximum atomic E-state index is 12.6. The van der Waals surface area contributed by atoms with Gasteiger partial charge in [0, 0.05) is 43.5 Å². The number of amidine groups is 1. The third kappa shape index (κ3) is 6.36. The third-order valence-corrected chi connectivity index (χ3v) is 7.35. The number of carbonyl (C=O) groups excluding carboxylic acids is 1. The van der Waals surface area contributed by atoms with Crippen LogP contribution in [-0.2, 0) is 10.7 Å². The molecule has 2 atom stereocenters. The van der Waals surface area contributed by atoms with E-state index >= 15 is 0 Å². The molecular formula is C29H34ClF2N5O2. The zero-order valence-electron chi connectivity index (χ0n) is 22.3. The van der Waals surface area contributed by atoms with Crippen molar-refractivity contribution in [2.45, 2.75) is 52.1 Å². The minimum atomic E-state index is -2.72. The van der Waals surface area contributed by atoms with Crippen molar-refractivity contribution in [1.29, 1.82) is 0 Å². The van der Waals surface area contributed by atoms with Crippen LogP contribution in [0.1, 0.15) is 49.8 Å². The highest BCUT2D eigenvalue weighted by molar-refractivity contribution is 6.30. The molecule has 0 aliphatic carbocycles. The molecule has 3 aliphatic heterocycles. The number of nitrogens with zero attached hydrogens (tertiary/aromatic N) is 3. The van der Waals surface area contributed by atoms with Crippen LogP contribution in [0.3, 0.4) is 0 Å². The lowest BCUT2D eigenvalue weighted by Crippen LogP contribution is -2.51. The largest absolute Gasteiger partial charge is 0.508 e. The zero-order valence-corrected chi connectivity index (χ0v) is 23.1. The molecule has 1 fully saturated rings. The zero-order chi connectivity index (χ0) is 28.3. The molecule has 1 saturated heterocycles. The average Bonchev–Trinajstić information content (AvgIpc) is 3.33. The van der Waals surface area contributed by atoms with E-state index in [1.807, 2.05) is 28.9 Å². The Morgan fingerprint density at radius 2 is 1.97 bits per heavy atom. The van der Waals surface area contributed by atoms with Crippen molar-refractivity contribution in [3.63, 3.8) is 0 Å². The molecule has 2 aromatic carbocycles. The van der Waals surface area contributed by atoms with E-state index in [9.17, 15) is 18.7 Å². The summed E-state index contributed by atoms with van der Waals surface area (Å²) in [5, 5.41) is 13.7. The maximum absolute atomic E-state index is 12.6. The molecule has 2 aromatic rings. The van der Waals surface area contributed by atoms with E-state index in [0.717, 1.165) is 48.8 Å². The van der Waals surface area contributed by atoms with E-state index in [1.165, 1.54) is 12.1 Å². The van der Waals surface area contributed by atoms with Crippen LogP contribution in [0, 0.1) is 12.8 Å². The Hall–Kier alpha value is -3.59. The summed E-state index contributed by atoms with van der Waals surface area (Å²) in [5.74, 6) is -1.76. The second-order valence-corrected chi connectivity index (χ2v) is 10.4. The van der Waals surface area contributed by atoms with Crippen molar-refractivity contribution in [1.82, 2.24) is 15.1 Å². The normalized spacial score (nSPS) is 20.9. The number of nitrogens with two attached hydrogens (primary N) is 1. The number of hydrogen-bond donors (Lipinski definition) is 3. The molecule has 0 spiro atoms. The van der Waals surface area contributed by atoms with Crippen LogP contribution in [0.25, 0.3) is 5.70 Å². The van der Waals surface area contributed by atoms with E-state index < -0.39 is 5.92 Å². The summed E-state index contributed by atoms with van der Waals surface area (Å²) >= 11 is 6.53. The number of amides is 1. The van der Waals surface area contributed by atoms with Crippen molar-refractivity contribution in [3.05, 3.63) is 82.3 Å². The number of phenolic OH excluding ortho intramolecular Hbond substituents is 1. The topological polar surface area (TPSA) is 94.2 Å². The van der Waals surface area contributed by atoms with Crippen LogP contribution in [0.2, 0.25) is 0 Å². The van der Waals surface area contributed by atoms with Gasteiger partial charge in [-0.25, -0.2) is 13.8 Å². The van der Waals surface area contributed by atoms with Crippen molar-refractivity contribution in [3.8, 4) is 5.75 Å². The number of hydrogen-bond acceptors (Lipinski definition) is 6. The third-order valence-electron chi connectivity index (χ3n) is 7.07. The molecule has 1 amide bonds. The van der Waals surface area contributed by atoms with E-state index in [-0.39, 0.29) is 29.3 Å². The van der Waals surface area contributed by atoms with Gasteiger partial charge in [0.05, 0.1) is 11.9 Å². The van der Waals surface area contributed by atoms with Crippen LogP contribution < -0.4 is 11.1 Å². The molecule has 0 bridgehead atoms. The second-order valence-electron chi connectivity index (χ2n) is 10.0. The molecule has 39 heavy (non-hydrogen) atoms.